The predicted octanol–water partition coefficient (Wildman–Crippen LogP) is 4.18. The van der Waals surface area contributed by atoms with E-state index >= 15 is 0 Å². The summed E-state index contributed by atoms with van der Waals surface area (Å²) in [5.41, 5.74) is 1.42. The van der Waals surface area contributed by atoms with E-state index in [0.29, 0.717) is 48.0 Å². The van der Waals surface area contributed by atoms with Crippen LogP contribution in [0.2, 0.25) is 0 Å². The smallest absolute Gasteiger partial charge is 0.264 e. The fourth-order valence-corrected chi connectivity index (χ4v) is 5.36. The third-order valence-corrected chi connectivity index (χ3v) is 7.60. The Morgan fingerprint density at radius 2 is 1.79 bits per heavy atom. The minimum absolute atomic E-state index is 0.188. The Bertz CT molecular complexity index is 1290. The number of hydrazone groups is 1. The van der Waals surface area contributed by atoms with E-state index in [1.807, 2.05) is 5.38 Å². The van der Waals surface area contributed by atoms with E-state index < -0.39 is 23.6 Å². The van der Waals surface area contributed by atoms with Gasteiger partial charge in [-0.25, -0.2) is 13.8 Å². The van der Waals surface area contributed by atoms with Crippen molar-refractivity contribution < 1.29 is 23.1 Å². The first-order valence-corrected chi connectivity index (χ1v) is 13.4. The van der Waals surface area contributed by atoms with Gasteiger partial charge >= 0.3 is 0 Å². The molecule has 10 heteroatoms. The highest BCUT2D eigenvalue weighted by Crippen LogP contribution is 2.33. The van der Waals surface area contributed by atoms with Gasteiger partial charge in [-0.2, -0.15) is 5.10 Å². The quantitative estimate of drug-likeness (QED) is 0.432. The van der Waals surface area contributed by atoms with Crippen molar-refractivity contribution in [3.63, 3.8) is 0 Å². The normalized spacial score (nSPS) is 17.9. The van der Waals surface area contributed by atoms with Crippen molar-refractivity contribution in [2.75, 3.05) is 45.9 Å². The van der Waals surface area contributed by atoms with E-state index in [2.05, 4.69) is 10.0 Å². The number of thiophene rings is 1. The van der Waals surface area contributed by atoms with Crippen LogP contribution in [0.3, 0.4) is 0 Å². The molecular formula is C28H28F2N4O3S. The van der Waals surface area contributed by atoms with Crippen LogP contribution >= 0.6 is 11.3 Å². The molecule has 2 aliphatic heterocycles. The Kier molecular flexibility index (Phi) is 8.21. The second-order valence-corrected chi connectivity index (χ2v) is 10.1. The summed E-state index contributed by atoms with van der Waals surface area (Å²) in [5, 5.41) is 7.67. The first-order valence-electron chi connectivity index (χ1n) is 12.5. The number of hydrogen-bond donors (Lipinski definition) is 0. The molecule has 0 bridgehead atoms. The third kappa shape index (κ3) is 5.98. The maximum absolute atomic E-state index is 14.6. The van der Waals surface area contributed by atoms with Crippen molar-refractivity contribution >= 4 is 28.9 Å². The lowest BCUT2D eigenvalue weighted by Gasteiger charge is -2.31. The van der Waals surface area contributed by atoms with Gasteiger partial charge < -0.3 is 9.64 Å². The van der Waals surface area contributed by atoms with Gasteiger partial charge in [0.2, 0.25) is 0 Å². The van der Waals surface area contributed by atoms with Crippen molar-refractivity contribution in [1.82, 2.24) is 14.8 Å². The average Bonchev–Trinajstić information content (AvgIpc) is 3.63. The van der Waals surface area contributed by atoms with Gasteiger partial charge in [0.1, 0.15) is 18.2 Å². The van der Waals surface area contributed by atoms with Gasteiger partial charge in [0.25, 0.3) is 11.8 Å². The monoisotopic (exact) mass is 538 g/mol. The van der Waals surface area contributed by atoms with E-state index in [1.54, 1.807) is 47.4 Å². The third-order valence-electron chi connectivity index (χ3n) is 6.74. The molecule has 0 saturated carbocycles. The van der Waals surface area contributed by atoms with Crippen LogP contribution in [0, 0.1) is 11.6 Å². The summed E-state index contributed by atoms with van der Waals surface area (Å²) in [6.07, 6.45) is 0.269. The van der Waals surface area contributed by atoms with Crippen LogP contribution in [0.15, 0.2) is 71.1 Å². The highest BCUT2D eigenvalue weighted by molar-refractivity contribution is 7.12. The predicted molar refractivity (Wildman–Crippen MR) is 141 cm³/mol. The molecule has 38 heavy (non-hydrogen) atoms. The number of benzene rings is 2. The second kappa shape index (κ2) is 11.9. The Balaban J connectivity index is 1.40. The van der Waals surface area contributed by atoms with Gasteiger partial charge in [0, 0.05) is 38.2 Å². The summed E-state index contributed by atoms with van der Waals surface area (Å²) >= 11 is 1.32. The molecule has 0 aliphatic carbocycles. The Hall–Kier alpha value is -3.47. The Labute approximate surface area is 223 Å². The molecule has 2 amide bonds. The molecule has 7 nitrogen and oxygen atoms in total. The largest absolute Gasteiger partial charge is 0.379 e. The highest BCUT2D eigenvalue weighted by atomic mass is 32.1. The number of carbonyl (C=O) groups excluding carboxylic acids is 2. The zero-order valence-corrected chi connectivity index (χ0v) is 21.6. The van der Waals surface area contributed by atoms with Crippen LogP contribution in [0.25, 0.3) is 0 Å². The second-order valence-electron chi connectivity index (χ2n) is 9.19. The van der Waals surface area contributed by atoms with Gasteiger partial charge in [0.15, 0.2) is 0 Å². The minimum atomic E-state index is -0.546. The number of halogens is 2. The summed E-state index contributed by atoms with van der Waals surface area (Å²) in [5.74, 6) is -1.44. The van der Waals surface area contributed by atoms with Gasteiger partial charge in [0.05, 0.1) is 29.8 Å². The van der Waals surface area contributed by atoms with Gasteiger partial charge in [-0.15, -0.1) is 11.3 Å². The van der Waals surface area contributed by atoms with Gasteiger partial charge in [-0.3, -0.25) is 14.5 Å². The standard InChI is InChI=1S/C28H28F2N4O3S/c29-21-9-7-20(8-10-21)25-18-24(22-4-1-2-5-23(22)30)31-34(25)27(35)19-33(28(36)26-6-3-17-38-26)12-11-32-13-15-37-16-14-32/h1-10,17,25H,11-16,18-19H2/t25-/m0/s1. The molecule has 3 heterocycles. The molecule has 1 fully saturated rings. The van der Waals surface area contributed by atoms with Crippen molar-refractivity contribution in [3.8, 4) is 0 Å². The van der Waals surface area contributed by atoms with Crippen molar-refractivity contribution in [2.45, 2.75) is 12.5 Å². The molecule has 2 aromatic carbocycles. The van der Waals surface area contributed by atoms with E-state index in [9.17, 15) is 18.4 Å². The van der Waals surface area contributed by atoms with Crippen molar-refractivity contribution in [1.29, 1.82) is 0 Å². The molecular weight excluding hydrogens is 510 g/mol. The maximum Gasteiger partial charge on any atom is 0.264 e. The van der Waals surface area contributed by atoms with E-state index in [4.69, 9.17) is 4.74 Å². The summed E-state index contributed by atoms with van der Waals surface area (Å²) in [6, 6.07) is 15.1. The maximum atomic E-state index is 14.6. The molecule has 1 aromatic heterocycles. The minimum Gasteiger partial charge on any atom is -0.379 e. The van der Waals surface area contributed by atoms with Crippen LogP contribution in [0.1, 0.15) is 33.3 Å². The molecule has 1 saturated heterocycles. The molecule has 0 radical (unpaired) electrons. The van der Waals surface area contributed by atoms with Crippen molar-refractivity contribution in [2.24, 2.45) is 5.10 Å². The van der Waals surface area contributed by atoms with Crippen LogP contribution in [-0.2, 0) is 9.53 Å². The lowest BCUT2D eigenvalue weighted by molar-refractivity contribution is -0.133. The fourth-order valence-electron chi connectivity index (χ4n) is 4.67. The molecule has 2 aliphatic rings. The molecule has 0 N–H and O–H groups in total. The molecule has 1 atom stereocenters. The zero-order chi connectivity index (χ0) is 26.5. The number of rotatable bonds is 8. The zero-order valence-electron chi connectivity index (χ0n) is 20.8. The van der Waals surface area contributed by atoms with Crippen LogP contribution in [-0.4, -0.2) is 78.3 Å². The van der Waals surface area contributed by atoms with Crippen LogP contribution in [0.4, 0.5) is 8.78 Å². The average molecular weight is 539 g/mol. The molecule has 0 unspecified atom stereocenters. The van der Waals surface area contributed by atoms with Gasteiger partial charge in [-0.1, -0.05) is 36.4 Å². The number of carbonyl (C=O) groups is 2. The summed E-state index contributed by atoms with van der Waals surface area (Å²) in [4.78, 5) is 31.4. The first kappa shape index (κ1) is 26.1. The summed E-state index contributed by atoms with van der Waals surface area (Å²) in [6.45, 7) is 3.60. The Morgan fingerprint density at radius 3 is 2.50 bits per heavy atom. The number of hydrogen-bond acceptors (Lipinski definition) is 6. The van der Waals surface area contributed by atoms with E-state index in [-0.39, 0.29) is 18.9 Å². The summed E-state index contributed by atoms with van der Waals surface area (Å²) in [7, 11) is 0. The highest BCUT2D eigenvalue weighted by Gasteiger charge is 2.35. The van der Waals surface area contributed by atoms with Crippen LogP contribution in [0.5, 0.6) is 0 Å². The molecule has 3 aromatic rings. The number of morpholine rings is 1. The molecule has 0 spiro atoms. The number of nitrogens with zero attached hydrogens (tertiary/aromatic N) is 4. The number of ether oxygens (including phenoxy) is 1. The Morgan fingerprint density at radius 1 is 1.03 bits per heavy atom. The fraction of sp³-hybridized carbons (Fsp3) is 0.321. The van der Waals surface area contributed by atoms with Crippen LogP contribution < -0.4 is 0 Å². The lowest BCUT2D eigenvalue weighted by atomic mass is 9.98. The lowest BCUT2D eigenvalue weighted by Crippen LogP contribution is -2.46. The first-order chi connectivity index (χ1) is 18.5. The van der Waals surface area contributed by atoms with Crippen molar-refractivity contribution in [3.05, 3.63) is 93.7 Å². The number of amides is 2. The SMILES string of the molecule is O=C(c1cccs1)N(CCN1CCOCC1)CC(=O)N1N=C(c2ccccc2F)C[C@H]1c1ccc(F)cc1. The topological polar surface area (TPSA) is 65.5 Å². The summed E-state index contributed by atoms with van der Waals surface area (Å²) < 4.78 is 33.7. The molecule has 5 rings (SSSR count). The molecule has 198 valence electrons. The van der Waals surface area contributed by atoms with E-state index in [1.165, 1.54) is 34.5 Å². The van der Waals surface area contributed by atoms with E-state index in [0.717, 1.165) is 13.1 Å². The van der Waals surface area contributed by atoms with Gasteiger partial charge in [-0.05, 0) is 35.2 Å².